The summed E-state index contributed by atoms with van der Waals surface area (Å²) in [7, 11) is -4.02. The molecule has 0 unspecified atom stereocenters. The molecule has 1 aliphatic rings. The number of nitrogens with one attached hydrogen (secondary N) is 1. The SMILES string of the molecule is CCCNC(=O)COC(=O)[C@@H]1C[C@@H](O)CN1S(=O)(=O)c1ccc(Cl)cc1. The van der Waals surface area contributed by atoms with Gasteiger partial charge in [-0.05, 0) is 30.7 Å². The third-order valence-corrected chi connectivity index (χ3v) is 5.98. The van der Waals surface area contributed by atoms with Crippen LogP contribution in [-0.4, -0.2) is 61.5 Å². The van der Waals surface area contributed by atoms with E-state index in [0.717, 1.165) is 10.7 Å². The Balaban J connectivity index is 2.11. The van der Waals surface area contributed by atoms with Gasteiger partial charge in [0.2, 0.25) is 10.0 Å². The second-order valence-corrected chi connectivity index (χ2v) is 8.22. The predicted octanol–water partition coefficient (Wildman–Crippen LogP) is 0.533. The normalized spacial score (nSPS) is 20.7. The van der Waals surface area contributed by atoms with Gasteiger partial charge in [-0.1, -0.05) is 18.5 Å². The lowest BCUT2D eigenvalue weighted by Crippen LogP contribution is -2.42. The summed E-state index contributed by atoms with van der Waals surface area (Å²) in [6, 6.07) is 4.30. The summed E-state index contributed by atoms with van der Waals surface area (Å²) in [6.07, 6.45) is -0.354. The van der Waals surface area contributed by atoms with Crippen LogP contribution in [0.25, 0.3) is 0 Å². The number of hydrogen-bond acceptors (Lipinski definition) is 6. The maximum Gasteiger partial charge on any atom is 0.325 e. The van der Waals surface area contributed by atoms with Crippen molar-refractivity contribution < 1.29 is 27.9 Å². The Hall–Kier alpha value is -1.68. The number of hydrogen-bond donors (Lipinski definition) is 2. The van der Waals surface area contributed by atoms with E-state index in [9.17, 15) is 23.1 Å². The molecule has 1 amide bonds. The van der Waals surface area contributed by atoms with Gasteiger partial charge in [0.25, 0.3) is 5.91 Å². The van der Waals surface area contributed by atoms with Gasteiger partial charge in [0, 0.05) is 24.5 Å². The Bertz CT molecular complexity index is 753. The van der Waals surface area contributed by atoms with Crippen LogP contribution >= 0.6 is 11.6 Å². The summed E-state index contributed by atoms with van der Waals surface area (Å²) >= 11 is 5.77. The molecule has 0 saturated carbocycles. The van der Waals surface area contributed by atoms with Gasteiger partial charge in [-0.15, -0.1) is 0 Å². The molecule has 1 aromatic carbocycles. The first-order valence-corrected chi connectivity index (χ1v) is 9.96. The van der Waals surface area contributed by atoms with Crippen LogP contribution in [0.4, 0.5) is 0 Å². The van der Waals surface area contributed by atoms with Crippen LogP contribution in [0.5, 0.6) is 0 Å². The second kappa shape index (κ2) is 8.81. The van der Waals surface area contributed by atoms with E-state index >= 15 is 0 Å². The van der Waals surface area contributed by atoms with Crippen molar-refractivity contribution in [3.8, 4) is 0 Å². The van der Waals surface area contributed by atoms with Crippen LogP contribution in [0.3, 0.4) is 0 Å². The number of ether oxygens (including phenoxy) is 1. The van der Waals surface area contributed by atoms with Crippen LogP contribution in [0.2, 0.25) is 5.02 Å². The van der Waals surface area contributed by atoms with E-state index < -0.39 is 40.7 Å². The first kappa shape index (κ1) is 20.6. The molecule has 1 heterocycles. The van der Waals surface area contributed by atoms with Crippen molar-refractivity contribution in [2.24, 2.45) is 0 Å². The van der Waals surface area contributed by atoms with Crippen LogP contribution < -0.4 is 5.32 Å². The maximum atomic E-state index is 12.8. The van der Waals surface area contributed by atoms with Gasteiger partial charge in [0.1, 0.15) is 6.04 Å². The lowest BCUT2D eigenvalue weighted by Gasteiger charge is -2.22. The Morgan fingerprint density at radius 3 is 2.62 bits per heavy atom. The van der Waals surface area contributed by atoms with E-state index in [4.69, 9.17) is 16.3 Å². The Morgan fingerprint density at radius 2 is 2.00 bits per heavy atom. The second-order valence-electron chi connectivity index (χ2n) is 5.89. The van der Waals surface area contributed by atoms with Crippen molar-refractivity contribution in [3.63, 3.8) is 0 Å². The highest BCUT2D eigenvalue weighted by Crippen LogP contribution is 2.27. The number of β-amino-alcohol motifs (C(OH)–C–C–N with tert-alkyl or cyclic N) is 1. The fraction of sp³-hybridized carbons (Fsp3) is 0.500. The molecular formula is C16H21ClN2O6S. The van der Waals surface area contributed by atoms with Crippen molar-refractivity contribution in [3.05, 3.63) is 29.3 Å². The molecule has 0 bridgehead atoms. The topological polar surface area (TPSA) is 113 Å². The summed E-state index contributed by atoms with van der Waals surface area (Å²) in [5.41, 5.74) is 0. The molecule has 2 rings (SSSR count). The van der Waals surface area contributed by atoms with Gasteiger partial charge >= 0.3 is 5.97 Å². The van der Waals surface area contributed by atoms with Gasteiger partial charge < -0.3 is 15.2 Å². The van der Waals surface area contributed by atoms with E-state index in [1.165, 1.54) is 24.3 Å². The molecule has 0 aliphatic carbocycles. The van der Waals surface area contributed by atoms with Crippen LogP contribution in [0.15, 0.2) is 29.2 Å². The van der Waals surface area contributed by atoms with Gasteiger partial charge in [0.15, 0.2) is 6.61 Å². The molecule has 0 spiro atoms. The van der Waals surface area contributed by atoms with E-state index in [-0.39, 0.29) is 17.9 Å². The van der Waals surface area contributed by atoms with Gasteiger partial charge in [-0.2, -0.15) is 4.31 Å². The smallest absolute Gasteiger partial charge is 0.325 e. The highest BCUT2D eigenvalue weighted by atomic mass is 35.5. The number of nitrogens with zero attached hydrogens (tertiary/aromatic N) is 1. The molecule has 2 N–H and O–H groups in total. The number of carbonyl (C=O) groups is 2. The molecule has 26 heavy (non-hydrogen) atoms. The van der Waals surface area contributed by atoms with E-state index in [0.29, 0.717) is 11.6 Å². The van der Waals surface area contributed by atoms with Crippen molar-refractivity contribution in [1.29, 1.82) is 0 Å². The Kier molecular flexibility index (Phi) is 6.99. The fourth-order valence-electron chi connectivity index (χ4n) is 2.55. The molecule has 2 atom stereocenters. The van der Waals surface area contributed by atoms with E-state index in [2.05, 4.69) is 5.32 Å². The number of rotatable bonds is 7. The zero-order chi connectivity index (χ0) is 19.3. The third kappa shape index (κ3) is 4.94. The number of sulfonamides is 1. The standard InChI is InChI=1S/C16H21ClN2O6S/c1-2-7-18-15(21)10-25-16(22)14-8-12(20)9-19(14)26(23,24)13-5-3-11(17)4-6-13/h3-6,12,14,20H,2,7-10H2,1H3,(H,18,21)/t12-,14+/m1/s1. The quantitative estimate of drug-likeness (QED) is 0.641. The monoisotopic (exact) mass is 404 g/mol. The molecule has 1 fully saturated rings. The third-order valence-electron chi connectivity index (χ3n) is 3.84. The summed E-state index contributed by atoms with van der Waals surface area (Å²) in [5.74, 6) is -1.34. The largest absolute Gasteiger partial charge is 0.454 e. The molecule has 1 aliphatic heterocycles. The number of aliphatic hydroxyl groups is 1. The van der Waals surface area contributed by atoms with Crippen LogP contribution in [0.1, 0.15) is 19.8 Å². The maximum absolute atomic E-state index is 12.8. The molecule has 0 aromatic heterocycles. The first-order valence-electron chi connectivity index (χ1n) is 8.14. The molecule has 0 radical (unpaired) electrons. The van der Waals surface area contributed by atoms with E-state index in [1.807, 2.05) is 6.92 Å². The molecular weight excluding hydrogens is 384 g/mol. The zero-order valence-electron chi connectivity index (χ0n) is 14.2. The minimum Gasteiger partial charge on any atom is -0.454 e. The number of carbonyl (C=O) groups excluding carboxylic acids is 2. The van der Waals surface area contributed by atoms with Crippen molar-refractivity contribution in [1.82, 2.24) is 9.62 Å². The summed E-state index contributed by atoms with van der Waals surface area (Å²) in [4.78, 5) is 23.8. The summed E-state index contributed by atoms with van der Waals surface area (Å²) in [5, 5.41) is 12.8. The minimum absolute atomic E-state index is 0.0468. The zero-order valence-corrected chi connectivity index (χ0v) is 15.8. The lowest BCUT2D eigenvalue weighted by atomic mass is 10.2. The average molecular weight is 405 g/mol. The first-order chi connectivity index (χ1) is 12.3. The van der Waals surface area contributed by atoms with Crippen molar-refractivity contribution in [2.45, 2.75) is 36.8 Å². The lowest BCUT2D eigenvalue weighted by molar-refractivity contribution is -0.151. The molecule has 144 valence electrons. The average Bonchev–Trinajstić information content (AvgIpc) is 3.01. The number of benzene rings is 1. The van der Waals surface area contributed by atoms with Crippen LogP contribution in [0, 0.1) is 0 Å². The number of halogens is 1. The number of esters is 1. The molecule has 1 aromatic rings. The van der Waals surface area contributed by atoms with Gasteiger partial charge in [-0.25, -0.2) is 8.42 Å². The highest BCUT2D eigenvalue weighted by Gasteiger charge is 2.44. The Morgan fingerprint density at radius 1 is 1.35 bits per heavy atom. The Labute approximate surface area is 157 Å². The van der Waals surface area contributed by atoms with Gasteiger partial charge in [-0.3, -0.25) is 9.59 Å². The minimum atomic E-state index is -4.02. The number of aliphatic hydroxyl groups excluding tert-OH is 1. The summed E-state index contributed by atoms with van der Waals surface area (Å²) < 4.78 is 31.4. The summed E-state index contributed by atoms with van der Waals surface area (Å²) in [6.45, 7) is 1.61. The van der Waals surface area contributed by atoms with Crippen LogP contribution in [-0.2, 0) is 24.3 Å². The molecule has 10 heteroatoms. The highest BCUT2D eigenvalue weighted by molar-refractivity contribution is 7.89. The van der Waals surface area contributed by atoms with E-state index in [1.54, 1.807) is 0 Å². The van der Waals surface area contributed by atoms with Gasteiger partial charge in [0.05, 0.1) is 11.0 Å². The van der Waals surface area contributed by atoms with Crippen molar-refractivity contribution in [2.75, 3.05) is 19.7 Å². The predicted molar refractivity (Wildman–Crippen MR) is 94.0 cm³/mol. The fourth-order valence-corrected chi connectivity index (χ4v) is 4.31. The molecule has 8 nitrogen and oxygen atoms in total. The molecule has 1 saturated heterocycles. The number of amides is 1. The van der Waals surface area contributed by atoms with Crippen molar-refractivity contribution >= 4 is 33.5 Å².